The van der Waals surface area contributed by atoms with Gasteiger partial charge in [0.15, 0.2) is 0 Å². The van der Waals surface area contributed by atoms with Gasteiger partial charge in [-0.1, -0.05) is 53.5 Å². The van der Waals surface area contributed by atoms with Crippen molar-refractivity contribution in [3.8, 4) is 0 Å². The second-order valence-corrected chi connectivity index (χ2v) is 8.15. The van der Waals surface area contributed by atoms with Crippen molar-refractivity contribution < 1.29 is 4.79 Å². The third-order valence-corrected chi connectivity index (χ3v) is 5.46. The number of carbonyl (C=O) groups excluding carboxylic acids is 1. The Morgan fingerprint density at radius 3 is 2.17 bits per heavy atom. The summed E-state index contributed by atoms with van der Waals surface area (Å²) in [6.07, 6.45) is 0. The molecule has 4 rings (SSSR count). The fourth-order valence-electron chi connectivity index (χ4n) is 3.47. The number of hydrogen-bond acceptors (Lipinski definition) is 4. The van der Waals surface area contributed by atoms with Crippen LogP contribution in [-0.4, -0.2) is 17.4 Å². The van der Waals surface area contributed by atoms with Gasteiger partial charge in [0.1, 0.15) is 5.66 Å². The Morgan fingerprint density at radius 1 is 0.867 bits per heavy atom. The van der Waals surface area contributed by atoms with Gasteiger partial charge in [0, 0.05) is 10.7 Å². The summed E-state index contributed by atoms with van der Waals surface area (Å²) in [6, 6.07) is 24.2. The van der Waals surface area contributed by atoms with Crippen LogP contribution in [0.5, 0.6) is 0 Å². The van der Waals surface area contributed by atoms with E-state index in [1.165, 1.54) is 0 Å². The van der Waals surface area contributed by atoms with Gasteiger partial charge in [-0.15, -0.1) is 5.10 Å². The zero-order chi connectivity index (χ0) is 21.3. The second-order valence-electron chi connectivity index (χ2n) is 7.31. The maximum Gasteiger partial charge on any atom is 0.293 e. The second kappa shape index (κ2) is 8.01. The van der Waals surface area contributed by atoms with Crippen LogP contribution in [0.2, 0.25) is 10.0 Å². The highest BCUT2D eigenvalue weighted by molar-refractivity contribution is 6.48. The number of amides is 1. The Bertz CT molecular complexity index is 1100. The van der Waals surface area contributed by atoms with E-state index in [0.29, 0.717) is 15.7 Å². The number of halogens is 2. The summed E-state index contributed by atoms with van der Waals surface area (Å²) in [5.74, 6) is -0.101. The Kier molecular flexibility index (Phi) is 5.41. The van der Waals surface area contributed by atoms with E-state index < -0.39 is 5.66 Å². The van der Waals surface area contributed by atoms with Gasteiger partial charge in [-0.3, -0.25) is 9.69 Å². The zero-order valence-corrected chi connectivity index (χ0v) is 18.0. The molecule has 0 saturated carbocycles. The Balaban J connectivity index is 1.77. The van der Waals surface area contributed by atoms with Gasteiger partial charge in [-0.25, -0.2) is 5.01 Å². The summed E-state index contributed by atoms with van der Waals surface area (Å²) >= 11 is 12.3. The molecule has 152 valence electrons. The van der Waals surface area contributed by atoms with Gasteiger partial charge in [0.25, 0.3) is 5.91 Å². The fraction of sp³-hybridized carbons (Fsp3) is 0.130. The fourth-order valence-corrected chi connectivity index (χ4v) is 3.78. The molecule has 3 aromatic rings. The number of nitrogens with one attached hydrogen (secondary N) is 1. The van der Waals surface area contributed by atoms with E-state index in [1.54, 1.807) is 24.3 Å². The van der Waals surface area contributed by atoms with Crippen molar-refractivity contribution in [3.05, 3.63) is 88.9 Å². The van der Waals surface area contributed by atoms with Crippen molar-refractivity contribution in [3.63, 3.8) is 0 Å². The molecule has 0 saturated heterocycles. The summed E-state index contributed by atoms with van der Waals surface area (Å²) in [5.41, 5.74) is 1.55. The standard InChI is InChI=1S/C23H20Cl2N4O/c1-23(2)28(17-14-12-16(24)13-15-17)21(27-29(23)18-8-4-3-5-9-18)22(30)26-20-11-7-6-10-19(20)25/h3-15H,1-2H3,(H,26,30). The number of nitrogens with zero attached hydrogens (tertiary/aromatic N) is 3. The van der Waals surface area contributed by atoms with Crippen molar-refractivity contribution in [2.45, 2.75) is 19.5 Å². The molecule has 1 aliphatic rings. The number of para-hydroxylation sites is 2. The molecular weight excluding hydrogens is 419 g/mol. The number of rotatable bonds is 4. The topological polar surface area (TPSA) is 47.9 Å². The Hall–Kier alpha value is -3.02. The van der Waals surface area contributed by atoms with Crippen molar-refractivity contribution in [1.82, 2.24) is 0 Å². The van der Waals surface area contributed by atoms with Crippen molar-refractivity contribution >= 4 is 52.0 Å². The summed E-state index contributed by atoms with van der Waals surface area (Å²) in [7, 11) is 0. The van der Waals surface area contributed by atoms with Crippen molar-refractivity contribution in [2.24, 2.45) is 5.10 Å². The molecule has 3 aromatic carbocycles. The maximum atomic E-state index is 13.3. The third-order valence-electron chi connectivity index (χ3n) is 4.88. The van der Waals surface area contributed by atoms with Crippen molar-refractivity contribution in [2.75, 3.05) is 15.2 Å². The highest BCUT2D eigenvalue weighted by Crippen LogP contribution is 2.37. The minimum atomic E-state index is -0.650. The van der Waals surface area contributed by atoms with Crippen molar-refractivity contribution in [1.29, 1.82) is 0 Å². The largest absolute Gasteiger partial charge is 0.318 e. The van der Waals surface area contributed by atoms with E-state index in [0.717, 1.165) is 11.4 Å². The maximum absolute atomic E-state index is 13.3. The number of hydrogen-bond donors (Lipinski definition) is 1. The summed E-state index contributed by atoms with van der Waals surface area (Å²) in [5, 5.41) is 10.5. The molecule has 0 bridgehead atoms. The lowest BCUT2D eigenvalue weighted by Crippen LogP contribution is -2.53. The molecule has 0 fully saturated rings. The van der Waals surface area contributed by atoms with Gasteiger partial charge in [-0.2, -0.15) is 0 Å². The summed E-state index contributed by atoms with van der Waals surface area (Å²) in [6.45, 7) is 4.02. The average Bonchev–Trinajstić information content (AvgIpc) is 3.02. The molecule has 1 aliphatic heterocycles. The first-order valence-corrected chi connectivity index (χ1v) is 10.2. The first-order valence-electron chi connectivity index (χ1n) is 9.43. The molecule has 5 nitrogen and oxygen atoms in total. The number of hydrazone groups is 1. The van der Waals surface area contributed by atoms with Gasteiger partial charge < -0.3 is 5.32 Å². The summed E-state index contributed by atoms with van der Waals surface area (Å²) in [4.78, 5) is 15.2. The predicted molar refractivity (Wildman–Crippen MR) is 124 cm³/mol. The smallest absolute Gasteiger partial charge is 0.293 e. The first kappa shape index (κ1) is 20.3. The van der Waals surface area contributed by atoms with E-state index in [1.807, 2.05) is 78.4 Å². The van der Waals surface area contributed by atoms with Gasteiger partial charge in [0.2, 0.25) is 5.84 Å². The average molecular weight is 439 g/mol. The molecule has 0 aliphatic carbocycles. The van der Waals surface area contributed by atoms with Crippen LogP contribution < -0.4 is 15.2 Å². The number of benzene rings is 3. The molecular formula is C23H20Cl2N4O. The minimum Gasteiger partial charge on any atom is -0.318 e. The molecule has 7 heteroatoms. The normalized spacial score (nSPS) is 15.1. The lowest BCUT2D eigenvalue weighted by Gasteiger charge is -2.38. The Morgan fingerprint density at radius 2 is 1.50 bits per heavy atom. The first-order chi connectivity index (χ1) is 14.4. The molecule has 0 unspecified atom stereocenters. The lowest BCUT2D eigenvalue weighted by molar-refractivity contribution is -0.110. The SMILES string of the molecule is CC1(C)N(c2ccccc2)N=C(C(=O)Nc2ccccc2Cl)N1c1ccc(Cl)cc1. The van der Waals surface area contributed by atoms with Crippen LogP contribution in [0.15, 0.2) is 84.0 Å². The highest BCUT2D eigenvalue weighted by atomic mass is 35.5. The van der Waals surface area contributed by atoms with Crippen LogP contribution in [0.1, 0.15) is 13.8 Å². The molecule has 0 atom stereocenters. The van der Waals surface area contributed by atoms with E-state index >= 15 is 0 Å². The van der Waals surface area contributed by atoms with Crippen LogP contribution in [0.3, 0.4) is 0 Å². The molecule has 1 heterocycles. The molecule has 0 radical (unpaired) electrons. The van der Waals surface area contributed by atoms with Crippen LogP contribution >= 0.6 is 23.2 Å². The summed E-state index contributed by atoms with van der Waals surface area (Å²) < 4.78 is 0. The van der Waals surface area contributed by atoms with Gasteiger partial charge in [-0.05, 0) is 62.4 Å². The van der Waals surface area contributed by atoms with Gasteiger partial charge in [0.05, 0.1) is 16.4 Å². The molecule has 1 amide bonds. The minimum absolute atomic E-state index is 0.256. The zero-order valence-electron chi connectivity index (χ0n) is 16.5. The molecule has 1 N–H and O–H groups in total. The van der Waals surface area contributed by atoms with Crippen LogP contribution in [0, 0.1) is 0 Å². The lowest BCUT2D eigenvalue weighted by atomic mass is 10.1. The molecule has 0 spiro atoms. The monoisotopic (exact) mass is 438 g/mol. The molecule has 30 heavy (non-hydrogen) atoms. The van der Waals surface area contributed by atoms with Crippen LogP contribution in [-0.2, 0) is 4.79 Å². The predicted octanol–water partition coefficient (Wildman–Crippen LogP) is 6.01. The number of anilines is 3. The van der Waals surface area contributed by atoms with E-state index in [-0.39, 0.29) is 11.7 Å². The van der Waals surface area contributed by atoms with Gasteiger partial charge >= 0.3 is 0 Å². The van der Waals surface area contributed by atoms with Crippen LogP contribution in [0.25, 0.3) is 0 Å². The van der Waals surface area contributed by atoms with Crippen LogP contribution in [0.4, 0.5) is 17.1 Å². The number of carbonyl (C=O) groups is 1. The van der Waals surface area contributed by atoms with E-state index in [2.05, 4.69) is 5.32 Å². The Labute approximate surface area is 185 Å². The highest BCUT2D eigenvalue weighted by Gasteiger charge is 2.45. The number of amidine groups is 1. The van der Waals surface area contributed by atoms with E-state index in [4.69, 9.17) is 28.3 Å². The quantitative estimate of drug-likeness (QED) is 0.542. The third kappa shape index (κ3) is 3.74. The van der Waals surface area contributed by atoms with E-state index in [9.17, 15) is 4.79 Å². The molecule has 0 aromatic heterocycles.